The van der Waals surface area contributed by atoms with E-state index in [4.69, 9.17) is 0 Å². The Morgan fingerprint density at radius 3 is 2.76 bits per heavy atom. The van der Waals surface area contributed by atoms with E-state index in [0.717, 1.165) is 22.2 Å². The molecule has 0 bridgehead atoms. The molecule has 0 saturated carbocycles. The van der Waals surface area contributed by atoms with E-state index < -0.39 is 0 Å². The number of hydrogen-bond donors (Lipinski definition) is 2. The maximum absolute atomic E-state index is 14.4. The van der Waals surface area contributed by atoms with Crippen molar-refractivity contribution in [3.63, 3.8) is 0 Å². The first-order chi connectivity index (χ1) is 16.0. The fourth-order valence-electron chi connectivity index (χ4n) is 4.35. The minimum absolute atomic E-state index is 0.180. The van der Waals surface area contributed by atoms with Crippen molar-refractivity contribution in [1.82, 2.24) is 24.5 Å². The number of fused-ring (bicyclic) bond motifs is 2. The molecule has 0 amide bonds. The monoisotopic (exact) mass is 442 g/mol. The molecule has 0 fully saturated rings. The van der Waals surface area contributed by atoms with Crippen LogP contribution in [0.4, 0.5) is 10.2 Å². The van der Waals surface area contributed by atoms with Crippen LogP contribution in [-0.2, 0) is 0 Å². The summed E-state index contributed by atoms with van der Waals surface area (Å²) in [6, 6.07) is 12.2. The van der Waals surface area contributed by atoms with Gasteiger partial charge < -0.3 is 10.3 Å². The van der Waals surface area contributed by atoms with E-state index in [9.17, 15) is 9.18 Å². The maximum atomic E-state index is 14.4. The summed E-state index contributed by atoms with van der Waals surface area (Å²) >= 11 is 0. The van der Waals surface area contributed by atoms with Gasteiger partial charge in [-0.25, -0.2) is 19.3 Å². The van der Waals surface area contributed by atoms with Gasteiger partial charge in [0, 0.05) is 5.69 Å². The summed E-state index contributed by atoms with van der Waals surface area (Å²) in [5.41, 5.74) is 3.88. The van der Waals surface area contributed by atoms with E-state index in [1.807, 2.05) is 51.1 Å². The summed E-state index contributed by atoms with van der Waals surface area (Å²) in [5, 5.41) is 4.91. The van der Waals surface area contributed by atoms with Crippen molar-refractivity contribution in [1.29, 1.82) is 0 Å². The van der Waals surface area contributed by atoms with Crippen molar-refractivity contribution in [3.05, 3.63) is 88.1 Å². The number of H-pyrrole nitrogens is 1. The van der Waals surface area contributed by atoms with Gasteiger partial charge in [-0.15, -0.1) is 0 Å². The number of aryl methyl sites for hydroxylation is 2. The highest BCUT2D eigenvalue weighted by molar-refractivity contribution is 5.86. The van der Waals surface area contributed by atoms with Crippen molar-refractivity contribution < 1.29 is 4.39 Å². The fourth-order valence-corrected chi connectivity index (χ4v) is 4.35. The Balaban J connectivity index is 1.76. The molecule has 3 aromatic heterocycles. The van der Waals surface area contributed by atoms with Crippen LogP contribution in [-0.4, -0.2) is 24.5 Å². The van der Waals surface area contributed by atoms with Gasteiger partial charge in [-0.05, 0) is 61.0 Å². The third kappa shape index (κ3) is 3.63. The van der Waals surface area contributed by atoms with Crippen molar-refractivity contribution >= 4 is 27.8 Å². The average molecular weight is 442 g/mol. The first-order valence-corrected chi connectivity index (χ1v) is 10.8. The van der Waals surface area contributed by atoms with Gasteiger partial charge in [-0.3, -0.25) is 9.36 Å². The number of rotatable bonds is 5. The number of benzene rings is 2. The number of pyridine rings is 1. The summed E-state index contributed by atoms with van der Waals surface area (Å²) in [5.74, 6) is 0.201. The summed E-state index contributed by atoms with van der Waals surface area (Å²) in [6.45, 7) is 5.75. The zero-order valence-corrected chi connectivity index (χ0v) is 18.6. The molecule has 1 unspecified atom stereocenters. The van der Waals surface area contributed by atoms with Crippen LogP contribution < -0.4 is 10.9 Å². The third-order valence-corrected chi connectivity index (χ3v) is 5.87. The number of aromatic nitrogens is 5. The Bertz CT molecular complexity index is 1530. The van der Waals surface area contributed by atoms with Crippen molar-refractivity contribution in [2.24, 2.45) is 0 Å². The van der Waals surface area contributed by atoms with Gasteiger partial charge in [0.05, 0.1) is 23.4 Å². The Morgan fingerprint density at radius 2 is 1.97 bits per heavy atom. The van der Waals surface area contributed by atoms with E-state index in [0.29, 0.717) is 34.5 Å². The number of nitrogens with one attached hydrogen (secondary N) is 2. The maximum Gasteiger partial charge on any atom is 0.263 e. The molecule has 0 radical (unpaired) electrons. The zero-order chi connectivity index (χ0) is 23.1. The van der Waals surface area contributed by atoms with Crippen LogP contribution in [0.25, 0.3) is 27.6 Å². The van der Waals surface area contributed by atoms with E-state index in [-0.39, 0.29) is 17.4 Å². The van der Waals surface area contributed by atoms with Gasteiger partial charge in [-0.2, -0.15) is 0 Å². The number of nitrogens with zero attached hydrogens (tertiary/aromatic N) is 4. The van der Waals surface area contributed by atoms with Crippen molar-refractivity contribution in [2.45, 2.75) is 33.2 Å². The van der Waals surface area contributed by atoms with Crippen LogP contribution in [0.3, 0.4) is 0 Å². The lowest BCUT2D eigenvalue weighted by atomic mass is 10.0. The summed E-state index contributed by atoms with van der Waals surface area (Å²) in [7, 11) is 0. The van der Waals surface area contributed by atoms with Crippen LogP contribution in [0.15, 0.2) is 59.9 Å². The van der Waals surface area contributed by atoms with Crippen LogP contribution >= 0.6 is 0 Å². The second kappa shape index (κ2) is 8.12. The number of anilines is 1. The molecule has 0 aliphatic rings. The molecule has 33 heavy (non-hydrogen) atoms. The van der Waals surface area contributed by atoms with Gasteiger partial charge >= 0.3 is 0 Å². The molecule has 0 saturated heterocycles. The molecule has 3 heterocycles. The number of imidazole rings is 1. The number of hydrogen-bond acceptors (Lipinski definition) is 5. The average Bonchev–Trinajstić information content (AvgIpc) is 3.26. The van der Waals surface area contributed by atoms with Gasteiger partial charge in [0.25, 0.3) is 5.56 Å². The third-order valence-electron chi connectivity index (χ3n) is 5.87. The van der Waals surface area contributed by atoms with E-state index >= 15 is 0 Å². The molecule has 0 spiro atoms. The number of aromatic amines is 1. The molecule has 1 atom stereocenters. The Hall–Kier alpha value is -4.07. The predicted molar refractivity (Wildman–Crippen MR) is 127 cm³/mol. The van der Waals surface area contributed by atoms with Crippen LogP contribution in [0.1, 0.15) is 36.2 Å². The van der Waals surface area contributed by atoms with E-state index in [1.165, 1.54) is 18.5 Å². The van der Waals surface area contributed by atoms with Crippen LogP contribution in [0, 0.1) is 19.7 Å². The highest BCUT2D eigenvalue weighted by Crippen LogP contribution is 2.29. The molecule has 0 aliphatic heterocycles. The standard InChI is InChI=1S/C25H23FN6O/c1-4-19(31-24-22-23(28-12-27-22)29-13-30-24)20-10-16-7-5-6-15(3)21(16)25(33)32(20)18-9-14(2)8-17(26)11-18/h5-13,19H,4H2,1-3H3,(H2,27,28,29,30,31). The quantitative estimate of drug-likeness (QED) is 0.401. The molecule has 2 N–H and O–H groups in total. The zero-order valence-electron chi connectivity index (χ0n) is 18.6. The SMILES string of the molecule is CCC(Nc1ncnc2nc[nH]c12)c1cc2cccc(C)c2c(=O)n1-c1cc(C)cc(F)c1. The topological polar surface area (TPSA) is 88.5 Å². The lowest BCUT2D eigenvalue weighted by Crippen LogP contribution is -2.27. The van der Waals surface area contributed by atoms with Gasteiger partial charge in [-0.1, -0.05) is 25.1 Å². The van der Waals surface area contributed by atoms with E-state index in [1.54, 1.807) is 10.9 Å². The lowest BCUT2D eigenvalue weighted by molar-refractivity contribution is 0.623. The highest BCUT2D eigenvalue weighted by atomic mass is 19.1. The molecule has 166 valence electrons. The van der Waals surface area contributed by atoms with Crippen LogP contribution in [0.2, 0.25) is 0 Å². The smallest absolute Gasteiger partial charge is 0.263 e. The second-order valence-corrected chi connectivity index (χ2v) is 8.16. The number of halogens is 1. The van der Waals surface area contributed by atoms with Crippen molar-refractivity contribution in [2.75, 3.05) is 5.32 Å². The first-order valence-electron chi connectivity index (χ1n) is 10.8. The van der Waals surface area contributed by atoms with Gasteiger partial charge in [0.15, 0.2) is 11.5 Å². The molecule has 8 heteroatoms. The molecule has 0 aliphatic carbocycles. The summed E-state index contributed by atoms with van der Waals surface area (Å²) in [4.78, 5) is 29.6. The molecular weight excluding hydrogens is 419 g/mol. The minimum atomic E-state index is -0.385. The molecule has 7 nitrogen and oxygen atoms in total. The van der Waals surface area contributed by atoms with E-state index in [2.05, 4.69) is 25.3 Å². The molecule has 5 rings (SSSR count). The minimum Gasteiger partial charge on any atom is -0.360 e. The molecule has 5 aromatic rings. The predicted octanol–water partition coefficient (Wildman–Crippen LogP) is 4.98. The molecule has 2 aromatic carbocycles. The molecular formula is C25H23FN6O. The van der Waals surface area contributed by atoms with Gasteiger partial charge in [0.1, 0.15) is 17.7 Å². The highest BCUT2D eigenvalue weighted by Gasteiger charge is 2.21. The van der Waals surface area contributed by atoms with Crippen molar-refractivity contribution in [3.8, 4) is 5.69 Å². The summed E-state index contributed by atoms with van der Waals surface area (Å²) in [6.07, 6.45) is 3.67. The largest absolute Gasteiger partial charge is 0.360 e. The fraction of sp³-hybridized carbons (Fsp3) is 0.200. The second-order valence-electron chi connectivity index (χ2n) is 8.16. The Labute approximate surface area is 189 Å². The van der Waals surface area contributed by atoms with Gasteiger partial charge in [0.2, 0.25) is 0 Å². The Kier molecular flexibility index (Phi) is 5.12. The first kappa shape index (κ1) is 20.8. The van der Waals surface area contributed by atoms with Crippen LogP contribution in [0.5, 0.6) is 0 Å². The normalized spacial score (nSPS) is 12.4. The Morgan fingerprint density at radius 1 is 1.12 bits per heavy atom. The lowest BCUT2D eigenvalue weighted by Gasteiger charge is -2.24. The summed E-state index contributed by atoms with van der Waals surface area (Å²) < 4.78 is 16.0.